The Kier molecular flexibility index (Phi) is 4.34. The smallest absolute Gasteiger partial charge is 0.118 e. The van der Waals surface area contributed by atoms with E-state index in [9.17, 15) is 0 Å². The molecule has 1 aliphatic rings. The van der Waals surface area contributed by atoms with Crippen LogP contribution in [-0.2, 0) is 5.41 Å². The van der Waals surface area contributed by atoms with Gasteiger partial charge in [0, 0.05) is 18.3 Å². The molecule has 1 fully saturated rings. The van der Waals surface area contributed by atoms with Crippen molar-refractivity contribution in [1.82, 2.24) is 0 Å². The highest BCUT2D eigenvalue weighted by atomic mass is 16.5. The zero-order valence-electron chi connectivity index (χ0n) is 13.3. The van der Waals surface area contributed by atoms with E-state index < -0.39 is 0 Å². The fourth-order valence-corrected chi connectivity index (χ4v) is 3.53. The Bertz CT molecular complexity index is 549. The van der Waals surface area contributed by atoms with E-state index in [1.165, 1.54) is 11.1 Å². The topological polar surface area (TPSA) is 35.1 Å². The van der Waals surface area contributed by atoms with Crippen LogP contribution in [0.5, 0.6) is 11.5 Å². The zero-order valence-corrected chi connectivity index (χ0v) is 13.3. The van der Waals surface area contributed by atoms with Crippen LogP contribution in [0, 0.1) is 0 Å². The second kappa shape index (κ2) is 6.41. The van der Waals surface area contributed by atoms with Gasteiger partial charge in [0.15, 0.2) is 0 Å². The Morgan fingerprint density at radius 1 is 0.727 bits per heavy atom. The molecule has 0 radical (unpaired) electrons. The first kappa shape index (κ1) is 14.9. The van der Waals surface area contributed by atoms with E-state index >= 15 is 0 Å². The number of hydrogen-bond acceptors (Lipinski definition) is 2. The second-order valence-corrected chi connectivity index (χ2v) is 5.91. The lowest BCUT2D eigenvalue weighted by molar-refractivity contribution is -0.665. The molecule has 2 N–H and O–H groups in total. The number of rotatable bonds is 4. The van der Waals surface area contributed by atoms with Crippen molar-refractivity contribution in [2.24, 2.45) is 0 Å². The van der Waals surface area contributed by atoms with Crippen LogP contribution in [0.3, 0.4) is 0 Å². The van der Waals surface area contributed by atoms with Crippen LogP contribution in [0.1, 0.15) is 24.0 Å². The Labute approximate surface area is 132 Å². The average molecular weight is 298 g/mol. The molecule has 0 saturated carbocycles. The van der Waals surface area contributed by atoms with Gasteiger partial charge in [-0.1, -0.05) is 24.3 Å². The minimum atomic E-state index is 0.104. The first-order chi connectivity index (χ1) is 10.8. The molecule has 2 aromatic carbocycles. The van der Waals surface area contributed by atoms with Gasteiger partial charge in [-0.2, -0.15) is 0 Å². The van der Waals surface area contributed by atoms with Gasteiger partial charge in [-0.3, -0.25) is 0 Å². The molecule has 0 aliphatic carbocycles. The Balaban J connectivity index is 2.02. The number of methoxy groups -OCH3 is 2. The third kappa shape index (κ3) is 2.69. The minimum Gasteiger partial charge on any atom is -0.497 e. The van der Waals surface area contributed by atoms with E-state index in [0.717, 1.165) is 37.4 Å². The van der Waals surface area contributed by atoms with Crippen LogP contribution < -0.4 is 14.8 Å². The SMILES string of the molecule is COc1ccc(C2(c3ccc(OC)cc3)CC[NH2+]CC2)cc1. The molecule has 1 aliphatic heterocycles. The first-order valence-electron chi connectivity index (χ1n) is 7.89. The molecular weight excluding hydrogens is 274 g/mol. The molecule has 0 spiro atoms. The van der Waals surface area contributed by atoms with E-state index in [2.05, 4.69) is 53.8 Å². The summed E-state index contributed by atoms with van der Waals surface area (Å²) in [6, 6.07) is 17.1. The van der Waals surface area contributed by atoms with Gasteiger partial charge in [-0.05, 0) is 35.4 Å². The van der Waals surface area contributed by atoms with Crippen molar-refractivity contribution in [1.29, 1.82) is 0 Å². The first-order valence-corrected chi connectivity index (χ1v) is 7.89. The lowest BCUT2D eigenvalue weighted by Crippen LogP contribution is -2.87. The van der Waals surface area contributed by atoms with Crippen molar-refractivity contribution in [3.05, 3.63) is 59.7 Å². The quantitative estimate of drug-likeness (QED) is 0.940. The molecule has 0 aromatic heterocycles. The van der Waals surface area contributed by atoms with Crippen molar-refractivity contribution in [2.75, 3.05) is 27.3 Å². The van der Waals surface area contributed by atoms with Crippen LogP contribution >= 0.6 is 0 Å². The maximum Gasteiger partial charge on any atom is 0.118 e. The molecular formula is C19H24NO2+. The molecule has 0 unspecified atom stereocenters. The summed E-state index contributed by atoms with van der Waals surface area (Å²) >= 11 is 0. The number of hydrogen-bond donors (Lipinski definition) is 1. The Morgan fingerprint density at radius 2 is 1.14 bits per heavy atom. The molecule has 0 bridgehead atoms. The summed E-state index contributed by atoms with van der Waals surface area (Å²) in [5.41, 5.74) is 2.87. The van der Waals surface area contributed by atoms with Gasteiger partial charge in [0.1, 0.15) is 11.5 Å². The normalized spacial score (nSPS) is 17.0. The molecule has 1 saturated heterocycles. The van der Waals surface area contributed by atoms with Crippen LogP contribution in [0.4, 0.5) is 0 Å². The third-order valence-electron chi connectivity index (χ3n) is 4.84. The monoisotopic (exact) mass is 298 g/mol. The van der Waals surface area contributed by atoms with E-state index in [0.29, 0.717) is 0 Å². The van der Waals surface area contributed by atoms with E-state index in [-0.39, 0.29) is 5.41 Å². The van der Waals surface area contributed by atoms with Crippen molar-refractivity contribution in [2.45, 2.75) is 18.3 Å². The second-order valence-electron chi connectivity index (χ2n) is 5.91. The number of ether oxygens (including phenoxy) is 2. The van der Waals surface area contributed by atoms with E-state index in [4.69, 9.17) is 9.47 Å². The van der Waals surface area contributed by atoms with Gasteiger partial charge in [0.25, 0.3) is 0 Å². The molecule has 1 heterocycles. The maximum absolute atomic E-state index is 5.30. The minimum absolute atomic E-state index is 0.104. The number of piperidine rings is 1. The van der Waals surface area contributed by atoms with Crippen molar-refractivity contribution >= 4 is 0 Å². The molecule has 3 nitrogen and oxygen atoms in total. The van der Waals surface area contributed by atoms with Gasteiger partial charge in [0.05, 0.1) is 27.3 Å². The van der Waals surface area contributed by atoms with Gasteiger partial charge in [0.2, 0.25) is 0 Å². The summed E-state index contributed by atoms with van der Waals surface area (Å²) in [7, 11) is 3.42. The highest BCUT2D eigenvalue weighted by Gasteiger charge is 2.37. The summed E-state index contributed by atoms with van der Waals surface area (Å²) in [5, 5.41) is 2.41. The number of nitrogens with two attached hydrogens (primary N) is 1. The number of benzene rings is 2. The Morgan fingerprint density at radius 3 is 1.50 bits per heavy atom. The van der Waals surface area contributed by atoms with Crippen LogP contribution in [0.25, 0.3) is 0 Å². The van der Waals surface area contributed by atoms with E-state index in [1.807, 2.05) is 0 Å². The third-order valence-corrected chi connectivity index (χ3v) is 4.84. The van der Waals surface area contributed by atoms with Crippen LogP contribution in [-0.4, -0.2) is 27.3 Å². The number of quaternary nitrogens is 1. The highest BCUT2D eigenvalue weighted by molar-refractivity contribution is 5.43. The highest BCUT2D eigenvalue weighted by Crippen LogP contribution is 2.40. The van der Waals surface area contributed by atoms with Gasteiger partial charge >= 0.3 is 0 Å². The van der Waals surface area contributed by atoms with Crippen molar-refractivity contribution < 1.29 is 14.8 Å². The van der Waals surface area contributed by atoms with Crippen molar-refractivity contribution in [3.8, 4) is 11.5 Å². The predicted octanol–water partition coefficient (Wildman–Crippen LogP) is 2.35. The summed E-state index contributed by atoms with van der Waals surface area (Å²) in [6.45, 7) is 2.33. The molecule has 116 valence electrons. The molecule has 3 rings (SSSR count). The summed E-state index contributed by atoms with van der Waals surface area (Å²) in [5.74, 6) is 1.83. The van der Waals surface area contributed by atoms with Crippen LogP contribution in [0.2, 0.25) is 0 Å². The maximum atomic E-state index is 5.30. The lowest BCUT2D eigenvalue weighted by Gasteiger charge is -2.37. The summed E-state index contributed by atoms with van der Waals surface area (Å²) in [4.78, 5) is 0. The fraction of sp³-hybridized carbons (Fsp3) is 0.368. The fourth-order valence-electron chi connectivity index (χ4n) is 3.53. The van der Waals surface area contributed by atoms with E-state index in [1.54, 1.807) is 14.2 Å². The zero-order chi connectivity index (χ0) is 15.4. The summed E-state index contributed by atoms with van der Waals surface area (Å²) < 4.78 is 10.6. The van der Waals surface area contributed by atoms with Gasteiger partial charge in [-0.25, -0.2) is 0 Å². The average Bonchev–Trinajstić information content (AvgIpc) is 2.62. The molecule has 3 heteroatoms. The Hall–Kier alpha value is -2.00. The lowest BCUT2D eigenvalue weighted by atomic mass is 9.68. The molecule has 22 heavy (non-hydrogen) atoms. The van der Waals surface area contributed by atoms with Gasteiger partial charge in [-0.15, -0.1) is 0 Å². The molecule has 0 atom stereocenters. The standard InChI is InChI=1S/C19H23NO2/c1-21-17-7-3-15(4-8-17)19(11-13-20-14-12-19)16-5-9-18(22-2)10-6-16/h3-10,20H,11-14H2,1-2H3/p+1. The van der Waals surface area contributed by atoms with Gasteiger partial charge < -0.3 is 14.8 Å². The van der Waals surface area contributed by atoms with Crippen molar-refractivity contribution in [3.63, 3.8) is 0 Å². The molecule has 0 amide bonds. The summed E-state index contributed by atoms with van der Waals surface area (Å²) in [6.07, 6.45) is 2.32. The largest absolute Gasteiger partial charge is 0.497 e. The van der Waals surface area contributed by atoms with Crippen LogP contribution in [0.15, 0.2) is 48.5 Å². The predicted molar refractivity (Wildman–Crippen MR) is 87.7 cm³/mol. The molecule has 2 aromatic rings.